The van der Waals surface area contributed by atoms with Crippen LogP contribution in [0.15, 0.2) is 44.7 Å². The van der Waals surface area contributed by atoms with Crippen molar-refractivity contribution in [3.8, 4) is 0 Å². The first-order valence-electron chi connectivity index (χ1n) is 5.71. The predicted octanol–water partition coefficient (Wildman–Crippen LogP) is 6.23. The fourth-order valence-corrected chi connectivity index (χ4v) is 4.63. The molecule has 2 rings (SSSR count). The Balaban J connectivity index is 2.37. The summed E-state index contributed by atoms with van der Waals surface area (Å²) in [6.45, 7) is 0. The molecule has 0 saturated heterocycles. The van der Waals surface area contributed by atoms with E-state index < -0.39 is 0 Å². The molecular weight excluding hydrogens is 431 g/mol. The smallest absolute Gasteiger partial charge is 0.0335 e. The van der Waals surface area contributed by atoms with Crippen LogP contribution in [0, 0.1) is 0 Å². The molecule has 1 aromatic heterocycles. The van der Waals surface area contributed by atoms with Gasteiger partial charge in [-0.05, 0) is 51.5 Å². The molecule has 5 heteroatoms. The molecule has 0 aliphatic heterocycles. The van der Waals surface area contributed by atoms with E-state index in [4.69, 9.17) is 23.2 Å². The molecule has 0 radical (unpaired) electrons. The van der Waals surface area contributed by atoms with Crippen LogP contribution < -0.4 is 0 Å². The van der Waals surface area contributed by atoms with Crippen molar-refractivity contribution in [2.45, 2.75) is 11.8 Å². The third-order valence-corrected chi connectivity index (χ3v) is 6.64. The molecular formula is C14H12Br2Cl2S. The van der Waals surface area contributed by atoms with E-state index in [1.54, 1.807) is 11.3 Å². The minimum Gasteiger partial charge on any atom is -0.148 e. The van der Waals surface area contributed by atoms with Crippen LogP contribution >= 0.6 is 66.4 Å². The summed E-state index contributed by atoms with van der Waals surface area (Å²) in [5.74, 6) is 1.00. The van der Waals surface area contributed by atoms with Gasteiger partial charge < -0.3 is 0 Å². The third kappa shape index (κ3) is 3.56. The van der Waals surface area contributed by atoms with Crippen LogP contribution in [0.2, 0.25) is 0 Å². The fourth-order valence-electron chi connectivity index (χ4n) is 1.95. The Bertz CT molecular complexity index is 533. The van der Waals surface area contributed by atoms with Gasteiger partial charge in [0.05, 0.1) is 0 Å². The summed E-state index contributed by atoms with van der Waals surface area (Å²) in [4.78, 5) is 1.28. The highest BCUT2D eigenvalue weighted by atomic mass is 79.9. The van der Waals surface area contributed by atoms with E-state index in [0.717, 1.165) is 15.4 Å². The highest BCUT2D eigenvalue weighted by Crippen LogP contribution is 2.36. The summed E-state index contributed by atoms with van der Waals surface area (Å²) < 4.78 is 2.20. The Morgan fingerprint density at radius 1 is 1.00 bits per heavy atom. The van der Waals surface area contributed by atoms with Crippen molar-refractivity contribution >= 4 is 66.4 Å². The summed E-state index contributed by atoms with van der Waals surface area (Å²) in [7, 11) is 0. The quantitative estimate of drug-likeness (QED) is 0.481. The van der Waals surface area contributed by atoms with Crippen LogP contribution in [0.25, 0.3) is 0 Å². The van der Waals surface area contributed by atoms with Gasteiger partial charge in [-0.1, -0.05) is 28.1 Å². The highest BCUT2D eigenvalue weighted by Gasteiger charge is 2.32. The second kappa shape index (κ2) is 6.95. The number of rotatable bonds is 5. The first-order valence-corrected chi connectivity index (χ1v) is 9.24. The molecule has 0 saturated carbocycles. The molecule has 2 aromatic rings. The summed E-state index contributed by atoms with van der Waals surface area (Å²) in [6, 6.07) is 10.3. The van der Waals surface area contributed by atoms with Crippen molar-refractivity contribution < 1.29 is 0 Å². The number of hydrogen-bond acceptors (Lipinski definition) is 1. The fraction of sp³-hybridized carbons (Fsp3) is 0.286. The van der Waals surface area contributed by atoms with E-state index in [2.05, 4.69) is 55.4 Å². The lowest BCUT2D eigenvalue weighted by atomic mass is 9.80. The number of halogens is 4. The highest BCUT2D eigenvalue weighted by molar-refractivity contribution is 9.10. The number of hydrogen-bond donors (Lipinski definition) is 0. The Hall–Kier alpha value is 0.460. The van der Waals surface area contributed by atoms with E-state index >= 15 is 0 Å². The van der Waals surface area contributed by atoms with E-state index in [-0.39, 0.29) is 5.41 Å². The van der Waals surface area contributed by atoms with Crippen molar-refractivity contribution in [1.29, 1.82) is 0 Å². The molecule has 0 spiro atoms. The maximum absolute atomic E-state index is 6.26. The van der Waals surface area contributed by atoms with Gasteiger partial charge >= 0.3 is 0 Å². The van der Waals surface area contributed by atoms with Gasteiger partial charge in [-0.15, -0.1) is 34.5 Å². The van der Waals surface area contributed by atoms with Gasteiger partial charge in [-0.2, -0.15) is 0 Å². The molecule has 0 nitrogen and oxygen atoms in total. The largest absolute Gasteiger partial charge is 0.148 e. The first-order chi connectivity index (χ1) is 9.11. The monoisotopic (exact) mass is 440 g/mol. The van der Waals surface area contributed by atoms with Crippen molar-refractivity contribution in [1.82, 2.24) is 0 Å². The average molecular weight is 443 g/mol. The van der Waals surface area contributed by atoms with Crippen LogP contribution in [0.5, 0.6) is 0 Å². The number of benzene rings is 1. The van der Waals surface area contributed by atoms with E-state index in [9.17, 15) is 0 Å². The molecule has 0 bridgehead atoms. The molecule has 0 N–H and O–H groups in total. The third-order valence-electron chi connectivity index (χ3n) is 3.16. The van der Waals surface area contributed by atoms with Gasteiger partial charge in [0.15, 0.2) is 0 Å². The number of thiophene rings is 1. The van der Waals surface area contributed by atoms with Crippen molar-refractivity contribution in [3.63, 3.8) is 0 Å². The van der Waals surface area contributed by atoms with E-state index in [1.165, 1.54) is 10.4 Å². The normalized spacial score (nSPS) is 11.8. The minimum absolute atomic E-state index is 0.225. The Morgan fingerprint density at radius 3 is 2.11 bits per heavy atom. The predicted molar refractivity (Wildman–Crippen MR) is 93.0 cm³/mol. The molecule has 0 fully saturated rings. The van der Waals surface area contributed by atoms with Gasteiger partial charge in [0, 0.05) is 31.0 Å². The maximum atomic E-state index is 6.26. The minimum atomic E-state index is -0.225. The van der Waals surface area contributed by atoms with Crippen LogP contribution in [0.3, 0.4) is 0 Å². The summed E-state index contributed by atoms with van der Waals surface area (Å²) in [5, 5.41) is 2.08. The molecule has 1 aromatic carbocycles. The molecule has 0 aliphatic rings. The van der Waals surface area contributed by atoms with E-state index in [1.807, 2.05) is 12.1 Å². The molecule has 19 heavy (non-hydrogen) atoms. The van der Waals surface area contributed by atoms with Gasteiger partial charge in [-0.25, -0.2) is 0 Å². The van der Waals surface area contributed by atoms with Crippen molar-refractivity contribution in [2.24, 2.45) is 0 Å². The van der Waals surface area contributed by atoms with Crippen LogP contribution in [-0.4, -0.2) is 11.8 Å². The molecule has 0 unspecified atom stereocenters. The Labute approximate surface area is 144 Å². The zero-order valence-electron chi connectivity index (χ0n) is 10.0. The van der Waals surface area contributed by atoms with Gasteiger partial charge in [-0.3, -0.25) is 0 Å². The molecule has 0 atom stereocenters. The van der Waals surface area contributed by atoms with Gasteiger partial charge in [0.25, 0.3) is 0 Å². The zero-order valence-corrected chi connectivity index (χ0v) is 15.5. The summed E-state index contributed by atoms with van der Waals surface area (Å²) in [6.07, 6.45) is 0.847. The summed E-state index contributed by atoms with van der Waals surface area (Å²) >= 11 is 21.3. The standard InChI is InChI=1S/C14H12Br2Cl2S/c15-11-3-1-10(2-4-11)14(8-17,9-18)7-13-12(16)5-6-19-13/h1-6H,7-9H2. The summed E-state index contributed by atoms with van der Waals surface area (Å²) in [5.41, 5.74) is 0.956. The van der Waals surface area contributed by atoms with E-state index in [0.29, 0.717) is 11.8 Å². The Morgan fingerprint density at radius 2 is 1.63 bits per heavy atom. The first kappa shape index (κ1) is 15.8. The molecule has 102 valence electrons. The maximum Gasteiger partial charge on any atom is 0.0335 e. The second-order valence-corrected chi connectivity index (χ2v) is 7.73. The average Bonchev–Trinajstić information content (AvgIpc) is 2.82. The molecule has 0 aliphatic carbocycles. The van der Waals surface area contributed by atoms with Crippen LogP contribution in [-0.2, 0) is 11.8 Å². The lowest BCUT2D eigenvalue weighted by Gasteiger charge is -2.30. The second-order valence-electron chi connectivity index (χ2n) is 4.42. The number of alkyl halides is 2. The Kier molecular flexibility index (Phi) is 5.79. The topological polar surface area (TPSA) is 0 Å². The van der Waals surface area contributed by atoms with Crippen molar-refractivity contribution in [2.75, 3.05) is 11.8 Å². The van der Waals surface area contributed by atoms with Gasteiger partial charge in [0.2, 0.25) is 0 Å². The lowest BCUT2D eigenvalue weighted by Crippen LogP contribution is -2.33. The SMILES string of the molecule is ClCC(CCl)(Cc1sccc1Br)c1ccc(Br)cc1. The van der Waals surface area contributed by atoms with Crippen LogP contribution in [0.4, 0.5) is 0 Å². The lowest BCUT2D eigenvalue weighted by molar-refractivity contribution is 0.540. The zero-order chi connectivity index (χ0) is 13.9. The van der Waals surface area contributed by atoms with Gasteiger partial charge in [0.1, 0.15) is 0 Å². The van der Waals surface area contributed by atoms with Crippen LogP contribution in [0.1, 0.15) is 10.4 Å². The molecule has 0 amide bonds. The molecule has 1 heterocycles. The van der Waals surface area contributed by atoms with Crippen molar-refractivity contribution in [3.05, 3.63) is 55.1 Å².